The summed E-state index contributed by atoms with van der Waals surface area (Å²) in [6.07, 6.45) is 3.65. The van der Waals surface area contributed by atoms with Crippen molar-refractivity contribution in [2.45, 2.75) is 64.1 Å². The quantitative estimate of drug-likeness (QED) is 0.889. The Kier molecular flexibility index (Phi) is 5.49. The van der Waals surface area contributed by atoms with Gasteiger partial charge in [0.15, 0.2) is 0 Å². The number of nitrogens with zero attached hydrogens (tertiary/aromatic N) is 1. The fourth-order valence-electron chi connectivity index (χ4n) is 2.80. The molecule has 0 saturated heterocycles. The minimum atomic E-state index is -0.473. The van der Waals surface area contributed by atoms with Gasteiger partial charge >= 0.3 is 6.09 Å². The van der Waals surface area contributed by atoms with Crippen molar-refractivity contribution < 1.29 is 9.53 Å². The first-order chi connectivity index (χ1) is 10.9. The van der Waals surface area contributed by atoms with E-state index in [1.165, 1.54) is 0 Å². The van der Waals surface area contributed by atoms with Crippen LogP contribution in [-0.2, 0) is 4.74 Å². The molecular weight excluding hydrogens is 290 g/mol. The monoisotopic (exact) mass is 315 g/mol. The van der Waals surface area contributed by atoms with Gasteiger partial charge in [0.1, 0.15) is 5.60 Å². The average Bonchev–Trinajstić information content (AvgIpc) is 2.46. The molecule has 124 valence electrons. The molecule has 1 aromatic carbocycles. The van der Waals surface area contributed by atoms with E-state index in [1.807, 2.05) is 45.0 Å². The van der Waals surface area contributed by atoms with Crippen LogP contribution in [0.2, 0.25) is 0 Å². The predicted octanol–water partition coefficient (Wildman–Crippen LogP) is 3.81. The first-order valence-electron chi connectivity index (χ1n) is 8.12. The van der Waals surface area contributed by atoms with Crippen LogP contribution in [0.15, 0.2) is 24.3 Å². The lowest BCUT2D eigenvalue weighted by atomic mass is 9.91. The molecule has 2 rings (SSSR count). The lowest BCUT2D eigenvalue weighted by molar-refractivity contribution is 0.0492. The van der Waals surface area contributed by atoms with Gasteiger partial charge in [-0.1, -0.05) is 0 Å². The number of rotatable bonds is 3. The van der Waals surface area contributed by atoms with E-state index < -0.39 is 5.60 Å². The van der Waals surface area contributed by atoms with Gasteiger partial charge in [-0.15, -0.1) is 0 Å². The Labute approximate surface area is 138 Å². The summed E-state index contributed by atoms with van der Waals surface area (Å²) in [6.45, 7) is 5.59. The Bertz CT molecular complexity index is 569. The summed E-state index contributed by atoms with van der Waals surface area (Å²) in [5.41, 5.74) is 1.19. The molecule has 2 unspecified atom stereocenters. The maximum Gasteiger partial charge on any atom is 0.407 e. The van der Waals surface area contributed by atoms with Gasteiger partial charge < -0.3 is 15.4 Å². The fraction of sp³-hybridized carbons (Fsp3) is 0.556. The number of hydrogen-bond acceptors (Lipinski definition) is 4. The van der Waals surface area contributed by atoms with Gasteiger partial charge in [-0.05, 0) is 70.7 Å². The highest BCUT2D eigenvalue weighted by Crippen LogP contribution is 2.23. The Morgan fingerprint density at radius 1 is 1.22 bits per heavy atom. The topological polar surface area (TPSA) is 74.2 Å². The molecule has 23 heavy (non-hydrogen) atoms. The zero-order chi connectivity index (χ0) is 16.9. The van der Waals surface area contributed by atoms with Crippen molar-refractivity contribution >= 4 is 11.8 Å². The molecule has 1 aliphatic rings. The number of alkyl carbamates (subject to hydrolysis) is 1. The number of nitrogens with one attached hydrogen (secondary N) is 2. The number of ether oxygens (including phenoxy) is 1. The smallest absolute Gasteiger partial charge is 0.407 e. The zero-order valence-electron chi connectivity index (χ0n) is 14.1. The number of nitriles is 1. The van der Waals surface area contributed by atoms with Crippen LogP contribution in [0.4, 0.5) is 10.5 Å². The number of carbonyl (C=O) groups excluding carboxylic acids is 1. The molecule has 1 saturated carbocycles. The minimum absolute atomic E-state index is 0.134. The maximum absolute atomic E-state index is 11.9. The van der Waals surface area contributed by atoms with Gasteiger partial charge in [0.05, 0.1) is 11.6 Å². The second-order valence-corrected chi connectivity index (χ2v) is 7.04. The minimum Gasteiger partial charge on any atom is -0.444 e. The molecule has 0 spiro atoms. The summed E-state index contributed by atoms with van der Waals surface area (Å²) in [4.78, 5) is 11.9. The van der Waals surface area contributed by atoms with Gasteiger partial charge in [-0.2, -0.15) is 5.26 Å². The molecule has 5 heteroatoms. The molecule has 1 aromatic rings. The van der Waals surface area contributed by atoms with Crippen LogP contribution in [0.5, 0.6) is 0 Å². The van der Waals surface area contributed by atoms with Crippen molar-refractivity contribution in [3.8, 4) is 6.07 Å². The molecule has 1 aliphatic carbocycles. The third-order valence-corrected chi connectivity index (χ3v) is 3.78. The lowest BCUT2D eigenvalue weighted by Crippen LogP contribution is -2.43. The van der Waals surface area contributed by atoms with Gasteiger partial charge in [-0.3, -0.25) is 0 Å². The SMILES string of the molecule is CC(C)(C)OC(=O)NC1CCCC(Nc2ccc(C#N)cc2)C1. The Morgan fingerprint density at radius 3 is 2.48 bits per heavy atom. The highest BCUT2D eigenvalue weighted by atomic mass is 16.6. The van der Waals surface area contributed by atoms with Crippen molar-refractivity contribution in [1.29, 1.82) is 5.26 Å². The van der Waals surface area contributed by atoms with Crippen molar-refractivity contribution in [1.82, 2.24) is 5.32 Å². The van der Waals surface area contributed by atoms with Gasteiger partial charge in [0.2, 0.25) is 0 Å². The summed E-state index contributed by atoms with van der Waals surface area (Å²) < 4.78 is 5.32. The predicted molar refractivity (Wildman–Crippen MR) is 90.2 cm³/mol. The first kappa shape index (κ1) is 17.1. The molecular formula is C18H25N3O2. The molecule has 0 radical (unpaired) electrons. The first-order valence-corrected chi connectivity index (χ1v) is 8.12. The molecule has 2 atom stereocenters. The standard InChI is InChI=1S/C18H25N3O2/c1-18(2,3)23-17(22)21-16-6-4-5-15(11-16)20-14-9-7-13(12-19)8-10-14/h7-10,15-16,20H,4-6,11H2,1-3H3,(H,21,22). The van der Waals surface area contributed by atoms with E-state index in [0.717, 1.165) is 31.4 Å². The molecule has 0 bridgehead atoms. The molecule has 5 nitrogen and oxygen atoms in total. The van der Waals surface area contributed by atoms with Crippen LogP contribution in [0.1, 0.15) is 52.0 Å². The van der Waals surface area contributed by atoms with E-state index in [2.05, 4.69) is 16.7 Å². The fourth-order valence-corrected chi connectivity index (χ4v) is 2.80. The van der Waals surface area contributed by atoms with E-state index in [1.54, 1.807) is 0 Å². The normalized spacial score (nSPS) is 21.1. The number of hydrogen-bond donors (Lipinski definition) is 2. The molecule has 2 N–H and O–H groups in total. The van der Waals surface area contributed by atoms with E-state index in [-0.39, 0.29) is 12.1 Å². The maximum atomic E-state index is 11.9. The van der Waals surface area contributed by atoms with Crippen molar-refractivity contribution in [2.24, 2.45) is 0 Å². The summed E-state index contributed by atoms with van der Waals surface area (Å²) in [7, 11) is 0. The van der Waals surface area contributed by atoms with Crippen LogP contribution < -0.4 is 10.6 Å². The van der Waals surface area contributed by atoms with Crippen molar-refractivity contribution in [3.63, 3.8) is 0 Å². The summed E-state index contributed by atoms with van der Waals surface area (Å²) in [5, 5.41) is 15.3. The number of amides is 1. The third-order valence-electron chi connectivity index (χ3n) is 3.78. The van der Waals surface area contributed by atoms with E-state index in [9.17, 15) is 4.79 Å². The van der Waals surface area contributed by atoms with E-state index in [4.69, 9.17) is 10.00 Å². The summed E-state index contributed by atoms with van der Waals surface area (Å²) >= 11 is 0. The van der Waals surface area contributed by atoms with Crippen LogP contribution in [-0.4, -0.2) is 23.8 Å². The number of anilines is 1. The molecule has 1 fully saturated rings. The van der Waals surface area contributed by atoms with E-state index in [0.29, 0.717) is 11.6 Å². The second kappa shape index (κ2) is 7.36. The molecule has 0 aromatic heterocycles. The largest absolute Gasteiger partial charge is 0.444 e. The molecule has 0 heterocycles. The number of benzene rings is 1. The zero-order valence-corrected chi connectivity index (χ0v) is 14.1. The van der Waals surface area contributed by atoms with Crippen LogP contribution in [0, 0.1) is 11.3 Å². The summed E-state index contributed by atoms with van der Waals surface area (Å²) in [5.74, 6) is 0. The highest BCUT2D eigenvalue weighted by molar-refractivity contribution is 5.68. The third kappa shape index (κ3) is 5.82. The lowest BCUT2D eigenvalue weighted by Gasteiger charge is -2.31. The van der Waals surface area contributed by atoms with E-state index >= 15 is 0 Å². The highest BCUT2D eigenvalue weighted by Gasteiger charge is 2.25. The Balaban J connectivity index is 1.85. The van der Waals surface area contributed by atoms with Crippen molar-refractivity contribution in [2.75, 3.05) is 5.32 Å². The Hall–Kier alpha value is -2.22. The Morgan fingerprint density at radius 2 is 1.87 bits per heavy atom. The van der Waals surface area contributed by atoms with Gasteiger partial charge in [0, 0.05) is 17.8 Å². The second-order valence-electron chi connectivity index (χ2n) is 7.04. The van der Waals surface area contributed by atoms with Crippen molar-refractivity contribution in [3.05, 3.63) is 29.8 Å². The van der Waals surface area contributed by atoms with Crippen LogP contribution >= 0.6 is 0 Å². The average molecular weight is 315 g/mol. The molecule has 0 aliphatic heterocycles. The van der Waals surface area contributed by atoms with Crippen LogP contribution in [0.3, 0.4) is 0 Å². The number of carbonyl (C=O) groups is 1. The van der Waals surface area contributed by atoms with Crippen LogP contribution in [0.25, 0.3) is 0 Å². The summed E-state index contributed by atoms with van der Waals surface area (Å²) in [6, 6.07) is 10.0. The van der Waals surface area contributed by atoms with Gasteiger partial charge in [0.25, 0.3) is 0 Å². The van der Waals surface area contributed by atoms with Gasteiger partial charge in [-0.25, -0.2) is 4.79 Å². The molecule has 1 amide bonds.